The molecule has 9 nitrogen and oxygen atoms in total. The largest absolute Gasteiger partial charge is 0.454 e. The Kier molecular flexibility index (Phi) is 5.76. The minimum Gasteiger partial charge on any atom is -0.454 e. The minimum absolute atomic E-state index is 0.0892. The smallest absolute Gasteiger partial charge is 0.252 e. The summed E-state index contributed by atoms with van der Waals surface area (Å²) in [6.07, 6.45) is 0. The van der Waals surface area contributed by atoms with Gasteiger partial charge in [-0.3, -0.25) is 19.2 Å². The maximum atomic E-state index is 12.9. The quantitative estimate of drug-likeness (QED) is 0.388. The van der Waals surface area contributed by atoms with E-state index >= 15 is 0 Å². The van der Waals surface area contributed by atoms with Crippen molar-refractivity contribution in [1.29, 1.82) is 0 Å². The zero-order valence-electron chi connectivity index (χ0n) is 18.4. The van der Waals surface area contributed by atoms with Crippen molar-refractivity contribution in [2.75, 3.05) is 13.4 Å². The second kappa shape index (κ2) is 9.03. The molecular weight excluding hydrogens is 452 g/mol. The fraction of sp³-hybridized carbons (Fsp3) is 0.154. The Morgan fingerprint density at radius 1 is 0.857 bits per heavy atom. The van der Waals surface area contributed by atoms with Gasteiger partial charge in [0.25, 0.3) is 5.91 Å². The number of ketones is 2. The number of nitrogens with one attached hydrogen (secondary N) is 2. The molecule has 1 heterocycles. The highest BCUT2D eigenvalue weighted by Crippen LogP contribution is 2.32. The molecule has 176 valence electrons. The van der Waals surface area contributed by atoms with E-state index in [9.17, 15) is 24.3 Å². The van der Waals surface area contributed by atoms with Crippen LogP contribution in [0, 0.1) is 0 Å². The van der Waals surface area contributed by atoms with Gasteiger partial charge in [0.2, 0.25) is 12.7 Å². The molecule has 1 unspecified atom stereocenters. The van der Waals surface area contributed by atoms with E-state index < -0.39 is 24.5 Å². The summed E-state index contributed by atoms with van der Waals surface area (Å²) in [6, 6.07) is 14.7. The van der Waals surface area contributed by atoms with Crippen molar-refractivity contribution < 1.29 is 33.8 Å². The maximum absolute atomic E-state index is 12.9. The van der Waals surface area contributed by atoms with Gasteiger partial charge in [-0.15, -0.1) is 0 Å². The molecule has 0 spiro atoms. The van der Waals surface area contributed by atoms with Crippen LogP contribution < -0.4 is 20.1 Å². The maximum Gasteiger partial charge on any atom is 0.252 e. The predicted octanol–water partition coefficient (Wildman–Crippen LogP) is 1.60. The molecule has 1 atom stereocenters. The van der Waals surface area contributed by atoms with Crippen molar-refractivity contribution in [2.45, 2.75) is 12.6 Å². The molecule has 2 aliphatic rings. The van der Waals surface area contributed by atoms with Crippen molar-refractivity contribution in [1.82, 2.24) is 10.6 Å². The highest BCUT2D eigenvalue weighted by Gasteiger charge is 2.30. The number of hydrogen-bond acceptors (Lipinski definition) is 7. The number of carbonyl (C=O) groups is 4. The monoisotopic (exact) mass is 472 g/mol. The van der Waals surface area contributed by atoms with E-state index in [2.05, 4.69) is 10.6 Å². The summed E-state index contributed by atoms with van der Waals surface area (Å²) in [6.45, 7) is -0.343. The average Bonchev–Trinajstić information content (AvgIpc) is 3.36. The lowest BCUT2D eigenvalue weighted by Gasteiger charge is -2.19. The van der Waals surface area contributed by atoms with E-state index in [1.807, 2.05) is 0 Å². The van der Waals surface area contributed by atoms with E-state index in [0.29, 0.717) is 17.1 Å². The summed E-state index contributed by atoms with van der Waals surface area (Å²) < 4.78 is 10.6. The number of amides is 2. The Morgan fingerprint density at radius 3 is 2.29 bits per heavy atom. The Labute approximate surface area is 199 Å². The van der Waals surface area contributed by atoms with Crippen LogP contribution in [0.3, 0.4) is 0 Å². The SMILES string of the molecule is O=C(NC(CO)C(=O)NCc1ccc2c(c1)OCO2)c1ccc2c(c1)C(=O)c1ccccc1C2=O. The molecule has 9 heteroatoms. The molecule has 3 aromatic rings. The van der Waals surface area contributed by atoms with Crippen LogP contribution in [-0.4, -0.2) is 47.9 Å². The van der Waals surface area contributed by atoms with Gasteiger partial charge in [-0.25, -0.2) is 0 Å². The number of aliphatic hydroxyl groups excluding tert-OH is 1. The summed E-state index contributed by atoms with van der Waals surface area (Å²) in [7, 11) is 0. The lowest BCUT2D eigenvalue weighted by Crippen LogP contribution is -2.48. The predicted molar refractivity (Wildman–Crippen MR) is 123 cm³/mol. The normalized spacial score (nSPS) is 14.1. The summed E-state index contributed by atoms with van der Waals surface area (Å²) in [5.41, 5.74) is 1.77. The molecule has 0 bridgehead atoms. The molecule has 0 radical (unpaired) electrons. The van der Waals surface area contributed by atoms with Gasteiger partial charge < -0.3 is 25.2 Å². The van der Waals surface area contributed by atoms with Crippen LogP contribution in [0.15, 0.2) is 60.7 Å². The van der Waals surface area contributed by atoms with Crippen molar-refractivity contribution >= 4 is 23.4 Å². The van der Waals surface area contributed by atoms with Crippen LogP contribution in [0.2, 0.25) is 0 Å². The summed E-state index contributed by atoms with van der Waals surface area (Å²) >= 11 is 0. The van der Waals surface area contributed by atoms with Crippen molar-refractivity contribution in [3.8, 4) is 11.5 Å². The lowest BCUT2D eigenvalue weighted by atomic mass is 9.83. The van der Waals surface area contributed by atoms with Crippen LogP contribution in [0.1, 0.15) is 47.8 Å². The second-order valence-electron chi connectivity index (χ2n) is 8.08. The number of rotatable bonds is 6. The first-order chi connectivity index (χ1) is 17.0. The molecule has 3 N–H and O–H groups in total. The standard InChI is InChI=1S/C26H20N2O7/c29-12-20(26(33)27-11-14-5-8-21-22(9-14)35-13-34-21)28-25(32)15-6-7-18-19(10-15)24(31)17-4-2-1-3-16(17)23(18)30/h1-10,20,29H,11-13H2,(H,27,33)(H,28,32). The Morgan fingerprint density at radius 2 is 1.54 bits per heavy atom. The molecule has 0 aromatic heterocycles. The number of ether oxygens (including phenoxy) is 2. The molecule has 0 saturated carbocycles. The first kappa shape index (κ1) is 22.3. The number of fused-ring (bicyclic) bond motifs is 3. The second-order valence-corrected chi connectivity index (χ2v) is 8.08. The van der Waals surface area contributed by atoms with Gasteiger partial charge in [0.1, 0.15) is 6.04 Å². The average molecular weight is 472 g/mol. The van der Waals surface area contributed by atoms with Gasteiger partial charge in [-0.05, 0) is 35.9 Å². The molecular formula is C26H20N2O7. The summed E-state index contributed by atoms with van der Waals surface area (Å²) in [5, 5.41) is 14.8. The van der Waals surface area contributed by atoms with Crippen molar-refractivity contribution in [3.05, 3.63) is 94.0 Å². The Bertz CT molecular complexity index is 1380. The van der Waals surface area contributed by atoms with Gasteiger partial charge in [0, 0.05) is 34.4 Å². The third kappa shape index (κ3) is 4.13. The Balaban J connectivity index is 1.27. The van der Waals surface area contributed by atoms with Gasteiger partial charge in [-0.1, -0.05) is 30.3 Å². The van der Waals surface area contributed by atoms with Crippen LogP contribution in [0.5, 0.6) is 11.5 Å². The summed E-state index contributed by atoms with van der Waals surface area (Å²) in [4.78, 5) is 51.0. The van der Waals surface area contributed by atoms with E-state index in [1.54, 1.807) is 42.5 Å². The van der Waals surface area contributed by atoms with Gasteiger partial charge in [0.15, 0.2) is 23.1 Å². The fourth-order valence-corrected chi connectivity index (χ4v) is 4.04. The first-order valence-corrected chi connectivity index (χ1v) is 10.9. The molecule has 1 aliphatic carbocycles. The van der Waals surface area contributed by atoms with Gasteiger partial charge in [-0.2, -0.15) is 0 Å². The van der Waals surface area contributed by atoms with Crippen LogP contribution in [0.25, 0.3) is 0 Å². The van der Waals surface area contributed by atoms with Crippen LogP contribution in [-0.2, 0) is 11.3 Å². The molecule has 5 rings (SSSR count). The van der Waals surface area contributed by atoms with E-state index in [1.165, 1.54) is 18.2 Å². The van der Waals surface area contributed by atoms with Crippen LogP contribution in [0.4, 0.5) is 0 Å². The number of aliphatic hydroxyl groups is 1. The molecule has 0 fully saturated rings. The Hall–Kier alpha value is -4.50. The van der Waals surface area contributed by atoms with Gasteiger partial charge in [0.05, 0.1) is 6.61 Å². The minimum atomic E-state index is -1.22. The highest BCUT2D eigenvalue weighted by atomic mass is 16.7. The molecule has 2 amide bonds. The molecule has 3 aromatic carbocycles. The topological polar surface area (TPSA) is 131 Å². The number of carbonyl (C=O) groups excluding carboxylic acids is 4. The first-order valence-electron chi connectivity index (χ1n) is 10.9. The zero-order valence-corrected chi connectivity index (χ0v) is 18.4. The third-order valence-electron chi connectivity index (χ3n) is 5.90. The summed E-state index contributed by atoms with van der Waals surface area (Å²) in [5.74, 6) is -0.703. The fourth-order valence-electron chi connectivity index (χ4n) is 4.04. The van der Waals surface area contributed by atoms with Crippen LogP contribution >= 0.6 is 0 Å². The molecule has 0 saturated heterocycles. The molecule has 1 aliphatic heterocycles. The molecule has 35 heavy (non-hydrogen) atoms. The third-order valence-corrected chi connectivity index (χ3v) is 5.90. The zero-order chi connectivity index (χ0) is 24.5. The number of benzene rings is 3. The number of hydrogen-bond donors (Lipinski definition) is 3. The van der Waals surface area contributed by atoms with Crippen molar-refractivity contribution in [3.63, 3.8) is 0 Å². The van der Waals surface area contributed by atoms with E-state index in [-0.39, 0.29) is 47.2 Å². The van der Waals surface area contributed by atoms with Gasteiger partial charge >= 0.3 is 0 Å². The lowest BCUT2D eigenvalue weighted by molar-refractivity contribution is -0.124. The van der Waals surface area contributed by atoms with Crippen molar-refractivity contribution in [2.24, 2.45) is 0 Å². The van der Waals surface area contributed by atoms with E-state index in [4.69, 9.17) is 9.47 Å². The van der Waals surface area contributed by atoms with E-state index in [0.717, 1.165) is 5.56 Å². The highest BCUT2D eigenvalue weighted by molar-refractivity contribution is 6.28.